The van der Waals surface area contributed by atoms with E-state index >= 15 is 0 Å². The molecule has 1 aliphatic heterocycles. The van der Waals surface area contributed by atoms with Crippen molar-refractivity contribution in [1.82, 2.24) is 19.5 Å². The quantitative estimate of drug-likeness (QED) is 0.185. The smallest absolute Gasteiger partial charge is 0.387 e. The van der Waals surface area contributed by atoms with Crippen LogP contribution < -0.4 is 5.73 Å². The number of nitrogen functional groups attached to an aromatic ring is 1. The van der Waals surface area contributed by atoms with Crippen LogP contribution >= 0.6 is 23.5 Å². The van der Waals surface area contributed by atoms with E-state index in [1.54, 1.807) is 6.92 Å². The highest BCUT2D eigenvalue weighted by molar-refractivity contribution is 7.66. The van der Waals surface area contributed by atoms with Gasteiger partial charge < -0.3 is 40.3 Å². The largest absolute Gasteiger partial charge is 0.490 e. The van der Waals surface area contributed by atoms with Crippen LogP contribution in [0.1, 0.15) is 26.0 Å². The lowest BCUT2D eigenvalue weighted by atomic mass is 10.0. The Bertz CT molecular complexity index is 1170. The Balaban J connectivity index is 1.82. The standard InChI is InChI=1S/C13H22N5O13P3/c1-2-3-6(29-33(24,25)31-34(26,27)30-32(21,22)23)10-8(19)9(20)13(28-10)18-5-17-7-11(14)15-4-16-12(7)18/h4-6,8-10,13,19-20H,2-3H2,1H3,(H,24,25)(H,26,27)(H2,14,15,16)(H2,21,22,23)/t6?,8-,9+,10+,13+/m0/s1. The number of hydrogen-bond donors (Lipinski definition) is 7. The van der Waals surface area contributed by atoms with Gasteiger partial charge in [0.05, 0.1) is 12.4 Å². The number of nitrogens with zero attached hydrogens (tertiary/aromatic N) is 4. The number of imidazole rings is 1. The van der Waals surface area contributed by atoms with Crippen LogP contribution in [0.2, 0.25) is 0 Å². The maximum Gasteiger partial charge on any atom is 0.490 e. The summed E-state index contributed by atoms with van der Waals surface area (Å²) in [6.45, 7) is 1.63. The first-order chi connectivity index (χ1) is 15.6. The Labute approximate surface area is 190 Å². The third-order valence-corrected chi connectivity index (χ3v) is 8.43. The number of nitrogens with two attached hydrogens (primary N) is 1. The summed E-state index contributed by atoms with van der Waals surface area (Å²) < 4.78 is 53.8. The molecule has 0 aromatic carbocycles. The van der Waals surface area contributed by atoms with E-state index in [0.717, 1.165) is 6.33 Å². The van der Waals surface area contributed by atoms with Gasteiger partial charge in [-0.15, -0.1) is 0 Å². The van der Waals surface area contributed by atoms with Crippen molar-refractivity contribution in [3.8, 4) is 0 Å². The van der Waals surface area contributed by atoms with Crippen LogP contribution in [-0.2, 0) is 31.6 Å². The number of aliphatic hydroxyl groups is 2. The minimum atomic E-state index is -5.75. The molecule has 2 aromatic rings. The number of aromatic nitrogens is 4. The second-order valence-electron chi connectivity index (χ2n) is 7.08. The second-order valence-corrected chi connectivity index (χ2v) is 11.5. The summed E-state index contributed by atoms with van der Waals surface area (Å²) in [5.74, 6) is 0.0462. The molecule has 0 bridgehead atoms. The lowest BCUT2D eigenvalue weighted by Crippen LogP contribution is -2.39. The van der Waals surface area contributed by atoms with E-state index in [1.165, 1.54) is 10.9 Å². The van der Waals surface area contributed by atoms with Gasteiger partial charge in [-0.2, -0.15) is 8.62 Å². The van der Waals surface area contributed by atoms with E-state index in [0.29, 0.717) is 0 Å². The average molecular weight is 549 g/mol. The highest BCUT2D eigenvalue weighted by Gasteiger charge is 2.50. The molecule has 3 rings (SSSR count). The maximum absolute atomic E-state index is 12.3. The Hall–Kier alpha value is -1.36. The Morgan fingerprint density at radius 2 is 1.76 bits per heavy atom. The van der Waals surface area contributed by atoms with E-state index in [9.17, 15) is 33.7 Å². The molecule has 7 atom stereocenters. The van der Waals surface area contributed by atoms with Gasteiger partial charge in [-0.3, -0.25) is 9.09 Å². The molecule has 2 aromatic heterocycles. The molecule has 3 heterocycles. The minimum Gasteiger partial charge on any atom is -0.387 e. The SMILES string of the molecule is CCCC(OP(=O)(O)OP(=O)(O)OP(=O)(O)O)[C@H]1O[C@@H](n2cnc3c(N)ncnc32)[C@H](O)[C@@H]1O. The molecule has 3 unspecified atom stereocenters. The average Bonchev–Trinajstić information content (AvgIpc) is 3.21. The number of aliphatic hydroxyl groups excluding tert-OH is 2. The first-order valence-corrected chi connectivity index (χ1v) is 13.9. The first kappa shape index (κ1) is 27.2. The van der Waals surface area contributed by atoms with Gasteiger partial charge >= 0.3 is 23.5 Å². The number of rotatable bonds is 10. The normalized spacial score (nSPS) is 28.0. The molecule has 0 spiro atoms. The van der Waals surface area contributed by atoms with Crippen molar-refractivity contribution < 1.29 is 61.4 Å². The molecule has 1 fully saturated rings. The molecule has 18 nitrogen and oxygen atoms in total. The number of fused-ring (bicyclic) bond motifs is 1. The van der Waals surface area contributed by atoms with Crippen LogP contribution in [0, 0.1) is 0 Å². The van der Waals surface area contributed by atoms with E-state index in [4.69, 9.17) is 24.8 Å². The van der Waals surface area contributed by atoms with Crippen molar-refractivity contribution in [3.63, 3.8) is 0 Å². The topological polar surface area (TPSA) is 279 Å². The Morgan fingerprint density at radius 1 is 1.09 bits per heavy atom. The van der Waals surface area contributed by atoms with Crippen LogP contribution in [0.5, 0.6) is 0 Å². The molecular weight excluding hydrogens is 527 g/mol. The zero-order valence-corrected chi connectivity index (χ0v) is 19.9. The molecule has 34 heavy (non-hydrogen) atoms. The van der Waals surface area contributed by atoms with Gasteiger partial charge in [-0.1, -0.05) is 13.3 Å². The zero-order valence-electron chi connectivity index (χ0n) is 17.2. The molecule has 0 radical (unpaired) electrons. The molecule has 21 heteroatoms. The molecule has 0 amide bonds. The number of phosphoric acid groups is 3. The van der Waals surface area contributed by atoms with Gasteiger partial charge in [0, 0.05) is 0 Å². The minimum absolute atomic E-state index is 0.0462. The van der Waals surface area contributed by atoms with Crippen LogP contribution in [-0.4, -0.2) is 73.7 Å². The predicted molar refractivity (Wildman–Crippen MR) is 109 cm³/mol. The second kappa shape index (κ2) is 9.95. The van der Waals surface area contributed by atoms with Crippen molar-refractivity contribution in [2.24, 2.45) is 0 Å². The monoisotopic (exact) mass is 549 g/mol. The molecule has 192 valence electrons. The molecular formula is C13H22N5O13P3. The van der Waals surface area contributed by atoms with Gasteiger partial charge in [0.2, 0.25) is 0 Å². The number of ether oxygens (including phenoxy) is 1. The van der Waals surface area contributed by atoms with Crippen molar-refractivity contribution >= 4 is 40.4 Å². The summed E-state index contributed by atoms with van der Waals surface area (Å²) in [7, 11) is -16.8. The molecule has 1 aliphatic rings. The fourth-order valence-corrected chi connectivity index (χ4v) is 6.54. The van der Waals surface area contributed by atoms with E-state index in [1.807, 2.05) is 0 Å². The molecule has 8 N–H and O–H groups in total. The van der Waals surface area contributed by atoms with Gasteiger partial charge in [0.25, 0.3) is 0 Å². The summed E-state index contributed by atoms with van der Waals surface area (Å²) in [4.78, 5) is 48.3. The van der Waals surface area contributed by atoms with Crippen LogP contribution in [0.25, 0.3) is 11.2 Å². The van der Waals surface area contributed by atoms with E-state index in [-0.39, 0.29) is 29.8 Å². The van der Waals surface area contributed by atoms with Crippen molar-refractivity contribution in [2.75, 3.05) is 5.73 Å². The third-order valence-electron chi connectivity index (χ3n) is 4.56. The summed E-state index contributed by atoms with van der Waals surface area (Å²) >= 11 is 0. The first-order valence-electron chi connectivity index (χ1n) is 9.41. The predicted octanol–water partition coefficient (Wildman–Crippen LogP) is -0.460. The lowest BCUT2D eigenvalue weighted by Gasteiger charge is -2.27. The van der Waals surface area contributed by atoms with Crippen molar-refractivity contribution in [2.45, 2.75) is 50.4 Å². The van der Waals surface area contributed by atoms with E-state index in [2.05, 4.69) is 23.6 Å². The van der Waals surface area contributed by atoms with Crippen LogP contribution in [0.4, 0.5) is 5.82 Å². The molecule has 1 saturated heterocycles. The van der Waals surface area contributed by atoms with Gasteiger partial charge in [-0.25, -0.2) is 28.6 Å². The highest BCUT2D eigenvalue weighted by atomic mass is 31.3. The molecule has 0 saturated carbocycles. The highest BCUT2D eigenvalue weighted by Crippen LogP contribution is 2.66. The Morgan fingerprint density at radius 3 is 2.38 bits per heavy atom. The van der Waals surface area contributed by atoms with Crippen molar-refractivity contribution in [1.29, 1.82) is 0 Å². The third kappa shape index (κ3) is 6.25. The number of hydrogen-bond acceptors (Lipinski definition) is 13. The van der Waals surface area contributed by atoms with Gasteiger partial charge in [0.15, 0.2) is 17.7 Å². The zero-order chi connectivity index (χ0) is 25.5. The summed E-state index contributed by atoms with van der Waals surface area (Å²) in [5.41, 5.74) is 6.07. The number of anilines is 1. The lowest BCUT2D eigenvalue weighted by molar-refractivity contribution is -0.0828. The maximum atomic E-state index is 12.3. The summed E-state index contributed by atoms with van der Waals surface area (Å²) in [5, 5.41) is 21.1. The van der Waals surface area contributed by atoms with Gasteiger partial charge in [0.1, 0.15) is 30.2 Å². The summed E-state index contributed by atoms with van der Waals surface area (Å²) in [6, 6.07) is 0. The van der Waals surface area contributed by atoms with Crippen molar-refractivity contribution in [3.05, 3.63) is 12.7 Å². The van der Waals surface area contributed by atoms with Crippen LogP contribution in [0.15, 0.2) is 12.7 Å². The Kier molecular flexibility index (Phi) is 7.97. The fraction of sp³-hybridized carbons (Fsp3) is 0.615. The van der Waals surface area contributed by atoms with Gasteiger partial charge in [-0.05, 0) is 6.42 Å². The summed E-state index contributed by atoms with van der Waals surface area (Å²) in [6.07, 6.45) is -5.01. The fourth-order valence-electron chi connectivity index (χ4n) is 3.31. The molecule has 0 aliphatic carbocycles. The van der Waals surface area contributed by atoms with E-state index < -0.39 is 54.1 Å². The number of phosphoric ester groups is 1. The van der Waals surface area contributed by atoms with Crippen LogP contribution in [0.3, 0.4) is 0 Å².